The van der Waals surface area contributed by atoms with Crippen molar-refractivity contribution >= 4 is 57.5 Å². The van der Waals surface area contributed by atoms with Gasteiger partial charge in [-0.05, 0) is 48.2 Å². The van der Waals surface area contributed by atoms with Gasteiger partial charge in [-0.2, -0.15) is 0 Å². The molecule has 5 nitrogen and oxygen atoms in total. The molecule has 2 aromatic carbocycles. The zero-order valence-electron chi connectivity index (χ0n) is 15.7. The van der Waals surface area contributed by atoms with Crippen molar-refractivity contribution in [3.05, 3.63) is 75.4 Å². The molecule has 2 heterocycles. The fraction of sp³-hybridized carbons (Fsp3) is 0.136. The van der Waals surface area contributed by atoms with Gasteiger partial charge in [0.25, 0.3) is 0 Å². The van der Waals surface area contributed by atoms with Gasteiger partial charge in [0.15, 0.2) is 0 Å². The number of aryl methyl sites for hydroxylation is 1. The Morgan fingerprint density at radius 1 is 1.21 bits per heavy atom. The Kier molecular flexibility index (Phi) is 5.47. The first-order chi connectivity index (χ1) is 14.0. The van der Waals surface area contributed by atoms with Crippen LogP contribution in [0.4, 0.5) is 17.1 Å². The lowest BCUT2D eigenvalue weighted by Gasteiger charge is -2.22. The van der Waals surface area contributed by atoms with Gasteiger partial charge in [0.2, 0.25) is 11.8 Å². The number of carbonyl (C=O) groups is 2. The van der Waals surface area contributed by atoms with E-state index in [9.17, 15) is 9.59 Å². The maximum atomic E-state index is 13.0. The molecule has 0 saturated heterocycles. The number of benzene rings is 2. The highest BCUT2D eigenvalue weighted by Crippen LogP contribution is 2.33. The average Bonchev–Trinajstić information content (AvgIpc) is 3.19. The summed E-state index contributed by atoms with van der Waals surface area (Å²) in [5.41, 5.74) is 3.52. The summed E-state index contributed by atoms with van der Waals surface area (Å²) in [4.78, 5) is 32.9. The van der Waals surface area contributed by atoms with Gasteiger partial charge < -0.3 is 10.2 Å². The zero-order chi connectivity index (χ0) is 20.4. The predicted molar refractivity (Wildman–Crippen MR) is 119 cm³/mol. The standard InChI is InChI=1S/C22H18ClN3O2S/c1-14-8-9-16(15(23)11-14)25-21(27)13-26-19-6-3-2-5-17(19)24-18(12-22(26)28)20-7-4-10-29-20/h2-11H,12-13H2,1H3,(H,25,27). The number of nitrogens with one attached hydrogen (secondary N) is 1. The van der Waals surface area contributed by atoms with Crippen LogP contribution < -0.4 is 10.2 Å². The van der Waals surface area contributed by atoms with Crippen LogP contribution in [0.15, 0.2) is 65.0 Å². The van der Waals surface area contributed by atoms with Gasteiger partial charge in [-0.3, -0.25) is 9.59 Å². The predicted octanol–water partition coefficient (Wildman–Crippen LogP) is 5.21. The number of hydrogen-bond acceptors (Lipinski definition) is 4. The van der Waals surface area contributed by atoms with E-state index in [4.69, 9.17) is 16.6 Å². The summed E-state index contributed by atoms with van der Waals surface area (Å²) in [6.07, 6.45) is 0.133. The molecule has 0 saturated carbocycles. The summed E-state index contributed by atoms with van der Waals surface area (Å²) in [6, 6.07) is 16.6. The highest BCUT2D eigenvalue weighted by atomic mass is 35.5. The summed E-state index contributed by atoms with van der Waals surface area (Å²) < 4.78 is 0. The lowest BCUT2D eigenvalue weighted by Crippen LogP contribution is -2.38. The Morgan fingerprint density at radius 3 is 2.79 bits per heavy atom. The minimum Gasteiger partial charge on any atom is -0.323 e. The number of halogens is 1. The van der Waals surface area contributed by atoms with Crippen LogP contribution in [0.25, 0.3) is 0 Å². The maximum absolute atomic E-state index is 13.0. The van der Waals surface area contributed by atoms with Crippen LogP contribution in [0.5, 0.6) is 0 Å². The van der Waals surface area contributed by atoms with Crippen LogP contribution in [-0.4, -0.2) is 24.1 Å². The second kappa shape index (κ2) is 8.19. The van der Waals surface area contributed by atoms with Crippen LogP contribution in [-0.2, 0) is 9.59 Å². The van der Waals surface area contributed by atoms with Gasteiger partial charge >= 0.3 is 0 Å². The number of rotatable bonds is 4. The topological polar surface area (TPSA) is 61.8 Å². The Hall–Kier alpha value is -2.96. The summed E-state index contributed by atoms with van der Waals surface area (Å²) in [5.74, 6) is -0.495. The minimum atomic E-state index is -0.321. The summed E-state index contributed by atoms with van der Waals surface area (Å²) in [5, 5.41) is 5.21. The van der Waals surface area contributed by atoms with Crippen LogP contribution in [0.1, 0.15) is 16.9 Å². The van der Waals surface area contributed by atoms with Crippen molar-refractivity contribution in [3.63, 3.8) is 0 Å². The Bertz CT molecular complexity index is 1110. The molecule has 1 aliphatic heterocycles. The lowest BCUT2D eigenvalue weighted by atomic mass is 10.2. The van der Waals surface area contributed by atoms with Crippen LogP contribution in [0.2, 0.25) is 5.02 Å². The van der Waals surface area contributed by atoms with Crippen molar-refractivity contribution in [1.29, 1.82) is 0 Å². The van der Waals surface area contributed by atoms with E-state index in [1.54, 1.807) is 18.2 Å². The Balaban J connectivity index is 1.60. The van der Waals surface area contributed by atoms with E-state index in [0.717, 1.165) is 10.4 Å². The number of para-hydroxylation sites is 2. The van der Waals surface area contributed by atoms with Crippen molar-refractivity contribution in [2.75, 3.05) is 16.8 Å². The number of hydrogen-bond donors (Lipinski definition) is 1. The van der Waals surface area contributed by atoms with Crippen LogP contribution >= 0.6 is 22.9 Å². The number of carbonyl (C=O) groups excluding carboxylic acids is 2. The smallest absolute Gasteiger partial charge is 0.244 e. The van der Waals surface area contributed by atoms with E-state index in [-0.39, 0.29) is 24.8 Å². The molecule has 1 aromatic heterocycles. The molecular formula is C22H18ClN3O2S. The first kappa shape index (κ1) is 19.4. The van der Waals surface area contributed by atoms with Gasteiger partial charge in [0.05, 0.1) is 34.2 Å². The SMILES string of the molecule is Cc1ccc(NC(=O)CN2C(=O)CC(c3cccs3)=Nc3ccccc32)c(Cl)c1. The number of thiophene rings is 1. The van der Waals surface area contributed by atoms with Gasteiger partial charge in [-0.25, -0.2) is 4.99 Å². The number of nitrogens with zero attached hydrogens (tertiary/aromatic N) is 2. The molecule has 146 valence electrons. The molecule has 29 heavy (non-hydrogen) atoms. The normalized spacial score (nSPS) is 13.5. The monoisotopic (exact) mass is 423 g/mol. The van der Waals surface area contributed by atoms with Crippen LogP contribution in [0, 0.1) is 6.92 Å². The van der Waals surface area contributed by atoms with E-state index < -0.39 is 0 Å². The summed E-state index contributed by atoms with van der Waals surface area (Å²) >= 11 is 7.76. The number of aliphatic imine (C=N–C) groups is 1. The van der Waals surface area contributed by atoms with E-state index in [1.807, 2.05) is 48.7 Å². The fourth-order valence-electron chi connectivity index (χ4n) is 3.16. The van der Waals surface area contributed by atoms with Gasteiger partial charge in [0.1, 0.15) is 6.54 Å². The third kappa shape index (κ3) is 4.23. The number of anilines is 2. The molecule has 0 aliphatic carbocycles. The molecule has 1 N–H and O–H groups in total. The number of fused-ring (bicyclic) bond motifs is 1. The summed E-state index contributed by atoms with van der Waals surface area (Å²) in [6.45, 7) is 1.81. The quantitative estimate of drug-likeness (QED) is 0.626. The van der Waals surface area contributed by atoms with E-state index >= 15 is 0 Å². The second-order valence-electron chi connectivity index (χ2n) is 6.71. The molecule has 0 unspecified atom stereocenters. The maximum Gasteiger partial charge on any atom is 0.244 e. The van der Waals surface area contributed by atoms with Crippen molar-refractivity contribution in [3.8, 4) is 0 Å². The Morgan fingerprint density at radius 2 is 2.03 bits per heavy atom. The average molecular weight is 424 g/mol. The van der Waals surface area contributed by atoms with Crippen LogP contribution in [0.3, 0.4) is 0 Å². The lowest BCUT2D eigenvalue weighted by molar-refractivity contribution is -0.120. The molecule has 3 aromatic rings. The molecule has 4 rings (SSSR count). The zero-order valence-corrected chi connectivity index (χ0v) is 17.3. The molecule has 0 fully saturated rings. The molecule has 2 amide bonds. The van der Waals surface area contributed by atoms with E-state index in [0.29, 0.717) is 27.8 Å². The van der Waals surface area contributed by atoms with E-state index in [1.165, 1.54) is 16.2 Å². The van der Waals surface area contributed by atoms with Crippen molar-refractivity contribution in [1.82, 2.24) is 0 Å². The number of amides is 2. The molecule has 0 spiro atoms. The van der Waals surface area contributed by atoms with Gasteiger partial charge in [-0.1, -0.05) is 35.9 Å². The highest BCUT2D eigenvalue weighted by molar-refractivity contribution is 7.12. The Labute approximate surface area is 177 Å². The van der Waals surface area contributed by atoms with Crippen molar-refractivity contribution in [2.45, 2.75) is 13.3 Å². The molecule has 7 heteroatoms. The fourth-order valence-corrected chi connectivity index (χ4v) is 4.16. The first-order valence-electron chi connectivity index (χ1n) is 9.08. The van der Waals surface area contributed by atoms with Gasteiger partial charge in [-0.15, -0.1) is 11.3 Å². The minimum absolute atomic E-state index is 0.118. The molecular weight excluding hydrogens is 406 g/mol. The van der Waals surface area contributed by atoms with E-state index in [2.05, 4.69) is 5.32 Å². The second-order valence-corrected chi connectivity index (χ2v) is 8.07. The largest absolute Gasteiger partial charge is 0.323 e. The molecule has 0 atom stereocenters. The first-order valence-corrected chi connectivity index (χ1v) is 10.3. The molecule has 0 bridgehead atoms. The third-order valence-corrected chi connectivity index (χ3v) is 5.79. The third-order valence-electron chi connectivity index (χ3n) is 4.55. The highest BCUT2D eigenvalue weighted by Gasteiger charge is 2.27. The molecule has 1 aliphatic rings. The van der Waals surface area contributed by atoms with Gasteiger partial charge in [0, 0.05) is 4.88 Å². The van der Waals surface area contributed by atoms with Crippen molar-refractivity contribution < 1.29 is 9.59 Å². The van der Waals surface area contributed by atoms with Crippen molar-refractivity contribution in [2.24, 2.45) is 4.99 Å². The summed E-state index contributed by atoms with van der Waals surface area (Å²) in [7, 11) is 0. The molecule has 0 radical (unpaired) electrons.